The molecule has 0 aromatic heterocycles. The normalized spacial score (nSPS) is 14.8. The smallest absolute Gasteiger partial charge is 0.339 e. The average Bonchev–Trinajstić information content (AvgIpc) is 3.08. The third-order valence-corrected chi connectivity index (χ3v) is 5.97. The van der Waals surface area contributed by atoms with E-state index < -0.39 is 29.6 Å². The number of nitrogens with one attached hydrogen (secondary N) is 1. The van der Waals surface area contributed by atoms with Gasteiger partial charge in [0.15, 0.2) is 0 Å². The van der Waals surface area contributed by atoms with Crippen molar-refractivity contribution in [2.45, 2.75) is 19.8 Å². The summed E-state index contributed by atoms with van der Waals surface area (Å²) in [4.78, 5) is 50.7. The van der Waals surface area contributed by atoms with Crippen LogP contribution in [-0.4, -0.2) is 41.1 Å². The van der Waals surface area contributed by atoms with E-state index >= 15 is 0 Å². The number of rotatable bonds is 9. The average molecular weight is 499 g/mol. The van der Waals surface area contributed by atoms with Crippen molar-refractivity contribution in [1.82, 2.24) is 4.90 Å². The number of carbonyl (C=O) groups is 4. The number of allylic oxidation sites excluding steroid dienone is 2. The van der Waals surface area contributed by atoms with Crippen LogP contribution in [0, 0.1) is 0 Å². The van der Waals surface area contributed by atoms with E-state index in [-0.39, 0.29) is 22.1 Å². The van der Waals surface area contributed by atoms with Gasteiger partial charge >= 0.3 is 5.97 Å². The zero-order valence-electron chi connectivity index (χ0n) is 18.5. The Labute approximate surface area is 206 Å². The number of hydrogen-bond donors (Lipinski definition) is 1. The summed E-state index contributed by atoms with van der Waals surface area (Å²) in [5.74, 6) is -1.72. The van der Waals surface area contributed by atoms with Crippen molar-refractivity contribution in [2.75, 3.05) is 18.5 Å². The molecule has 1 heterocycles. The molecule has 0 bridgehead atoms. The SMILES string of the molecule is CCCCOC(=O)c1cc(NC(=O)CN2C(=O)S/C(=C/C=C/c3ccccc3)C2=O)ccc1Cl. The number of unbranched alkanes of at least 4 members (excludes halogenated alkanes) is 1. The Hall–Kier alpha value is -3.36. The van der Waals surface area contributed by atoms with Crippen molar-refractivity contribution in [1.29, 1.82) is 0 Å². The molecule has 0 aliphatic carbocycles. The fourth-order valence-corrected chi connectivity index (χ4v) is 3.94. The summed E-state index contributed by atoms with van der Waals surface area (Å²) in [6.45, 7) is 1.80. The molecule has 1 N–H and O–H groups in total. The highest BCUT2D eigenvalue weighted by Crippen LogP contribution is 2.30. The summed E-state index contributed by atoms with van der Waals surface area (Å²) >= 11 is 6.86. The highest BCUT2D eigenvalue weighted by Gasteiger charge is 2.36. The minimum absolute atomic E-state index is 0.120. The second-order valence-electron chi connectivity index (χ2n) is 7.29. The number of thioether (sulfide) groups is 1. The second kappa shape index (κ2) is 12.2. The van der Waals surface area contributed by atoms with Crippen LogP contribution in [0.15, 0.2) is 65.6 Å². The fourth-order valence-electron chi connectivity index (χ4n) is 2.95. The molecule has 0 radical (unpaired) electrons. The summed E-state index contributed by atoms with van der Waals surface area (Å²) in [6, 6.07) is 13.9. The summed E-state index contributed by atoms with van der Waals surface area (Å²) in [5.41, 5.74) is 1.37. The lowest BCUT2D eigenvalue weighted by Gasteiger charge is -2.13. The number of anilines is 1. The molecule has 3 amide bonds. The highest BCUT2D eigenvalue weighted by molar-refractivity contribution is 8.18. The van der Waals surface area contributed by atoms with Crippen LogP contribution >= 0.6 is 23.4 Å². The molecular weight excluding hydrogens is 476 g/mol. The van der Waals surface area contributed by atoms with Crippen LogP contribution in [0.1, 0.15) is 35.7 Å². The largest absolute Gasteiger partial charge is 0.462 e. The molecule has 9 heteroatoms. The van der Waals surface area contributed by atoms with E-state index in [9.17, 15) is 19.2 Å². The van der Waals surface area contributed by atoms with Crippen molar-refractivity contribution >= 4 is 58.1 Å². The van der Waals surface area contributed by atoms with Gasteiger partial charge in [0, 0.05) is 5.69 Å². The van der Waals surface area contributed by atoms with Gasteiger partial charge in [0.05, 0.1) is 22.1 Å². The number of amides is 3. The van der Waals surface area contributed by atoms with E-state index in [1.54, 1.807) is 12.2 Å². The van der Waals surface area contributed by atoms with Gasteiger partial charge in [-0.2, -0.15) is 0 Å². The molecular formula is C25H23ClN2O5S. The van der Waals surface area contributed by atoms with E-state index in [0.717, 1.165) is 35.1 Å². The van der Waals surface area contributed by atoms with Crippen molar-refractivity contribution in [3.8, 4) is 0 Å². The molecule has 2 aromatic rings. The molecule has 176 valence electrons. The van der Waals surface area contributed by atoms with Gasteiger partial charge in [0.25, 0.3) is 11.1 Å². The molecule has 34 heavy (non-hydrogen) atoms. The summed E-state index contributed by atoms with van der Waals surface area (Å²) < 4.78 is 5.17. The van der Waals surface area contributed by atoms with E-state index in [2.05, 4.69) is 5.32 Å². The number of imide groups is 1. The topological polar surface area (TPSA) is 92.8 Å². The van der Waals surface area contributed by atoms with Gasteiger partial charge in [0.2, 0.25) is 5.91 Å². The first kappa shape index (κ1) is 25.3. The van der Waals surface area contributed by atoms with Crippen LogP contribution in [0.25, 0.3) is 6.08 Å². The Balaban J connectivity index is 1.61. The van der Waals surface area contributed by atoms with Crippen LogP contribution in [-0.2, 0) is 14.3 Å². The Bertz CT molecular complexity index is 1150. The Morgan fingerprint density at radius 3 is 2.65 bits per heavy atom. The molecule has 1 aliphatic rings. The monoisotopic (exact) mass is 498 g/mol. The van der Waals surface area contributed by atoms with Crippen LogP contribution < -0.4 is 5.32 Å². The minimum Gasteiger partial charge on any atom is -0.462 e. The highest BCUT2D eigenvalue weighted by atomic mass is 35.5. The molecule has 0 atom stereocenters. The quantitative estimate of drug-likeness (QED) is 0.277. The fraction of sp³-hybridized carbons (Fsp3) is 0.200. The first-order valence-electron chi connectivity index (χ1n) is 10.6. The minimum atomic E-state index is -0.589. The van der Waals surface area contributed by atoms with Gasteiger partial charge in [-0.15, -0.1) is 0 Å². The van der Waals surface area contributed by atoms with Gasteiger partial charge in [-0.05, 0) is 48.0 Å². The van der Waals surface area contributed by atoms with Crippen molar-refractivity contribution < 1.29 is 23.9 Å². The summed E-state index contributed by atoms with van der Waals surface area (Å²) in [7, 11) is 0. The zero-order chi connectivity index (χ0) is 24.5. The van der Waals surface area contributed by atoms with E-state index in [1.165, 1.54) is 18.2 Å². The van der Waals surface area contributed by atoms with E-state index in [4.69, 9.17) is 16.3 Å². The zero-order valence-corrected chi connectivity index (χ0v) is 20.0. The number of hydrogen-bond acceptors (Lipinski definition) is 6. The number of nitrogens with zero attached hydrogens (tertiary/aromatic N) is 1. The third kappa shape index (κ3) is 6.82. The predicted molar refractivity (Wildman–Crippen MR) is 134 cm³/mol. The lowest BCUT2D eigenvalue weighted by atomic mass is 10.2. The summed E-state index contributed by atoms with van der Waals surface area (Å²) in [5, 5.41) is 2.25. The Morgan fingerprint density at radius 2 is 1.91 bits per heavy atom. The van der Waals surface area contributed by atoms with Gasteiger partial charge < -0.3 is 10.1 Å². The van der Waals surface area contributed by atoms with Crippen LogP contribution in [0.2, 0.25) is 5.02 Å². The second-order valence-corrected chi connectivity index (χ2v) is 8.69. The van der Waals surface area contributed by atoms with Gasteiger partial charge in [-0.1, -0.05) is 67.4 Å². The Kier molecular flexibility index (Phi) is 9.07. The van der Waals surface area contributed by atoms with Crippen molar-refractivity contribution in [3.05, 3.63) is 81.7 Å². The molecule has 0 spiro atoms. The first-order chi connectivity index (χ1) is 16.4. The molecule has 0 saturated carbocycles. The van der Waals surface area contributed by atoms with Crippen molar-refractivity contribution in [2.24, 2.45) is 0 Å². The Morgan fingerprint density at radius 1 is 1.15 bits per heavy atom. The van der Waals surface area contributed by atoms with E-state index in [0.29, 0.717) is 5.69 Å². The van der Waals surface area contributed by atoms with Crippen LogP contribution in [0.5, 0.6) is 0 Å². The molecule has 1 saturated heterocycles. The van der Waals surface area contributed by atoms with E-state index in [1.807, 2.05) is 43.3 Å². The van der Waals surface area contributed by atoms with Gasteiger partial charge in [-0.3, -0.25) is 19.3 Å². The number of ether oxygens (including phenoxy) is 1. The maximum Gasteiger partial charge on any atom is 0.339 e. The molecule has 7 nitrogen and oxygen atoms in total. The van der Waals surface area contributed by atoms with Crippen LogP contribution in [0.4, 0.5) is 10.5 Å². The molecule has 1 aliphatic heterocycles. The van der Waals surface area contributed by atoms with Crippen LogP contribution in [0.3, 0.4) is 0 Å². The number of benzene rings is 2. The summed E-state index contributed by atoms with van der Waals surface area (Å²) in [6.07, 6.45) is 6.65. The van der Waals surface area contributed by atoms with Crippen molar-refractivity contribution in [3.63, 3.8) is 0 Å². The number of esters is 1. The maximum atomic E-state index is 12.6. The maximum absolute atomic E-state index is 12.6. The first-order valence-corrected chi connectivity index (χ1v) is 11.8. The lowest BCUT2D eigenvalue weighted by Crippen LogP contribution is -2.36. The standard InChI is InChI=1S/C25H23ClN2O5S/c1-2-3-14-33-24(31)19-15-18(12-13-20(19)26)27-22(29)16-28-23(30)21(34-25(28)32)11-7-10-17-8-5-4-6-9-17/h4-13,15H,2-3,14,16H2,1H3,(H,27,29)/b10-7+,21-11+. The predicted octanol–water partition coefficient (Wildman–Crippen LogP) is 5.53. The lowest BCUT2D eigenvalue weighted by molar-refractivity contribution is -0.127. The van der Waals surface area contributed by atoms with Gasteiger partial charge in [0.1, 0.15) is 6.54 Å². The third-order valence-electron chi connectivity index (χ3n) is 4.71. The van der Waals surface area contributed by atoms with Gasteiger partial charge in [-0.25, -0.2) is 4.79 Å². The molecule has 1 fully saturated rings. The molecule has 2 aromatic carbocycles. The molecule has 3 rings (SSSR count). The number of halogens is 1. The number of carbonyl (C=O) groups excluding carboxylic acids is 4. The molecule has 0 unspecified atom stereocenters.